The van der Waals surface area contributed by atoms with E-state index in [0.717, 1.165) is 18.9 Å². The Morgan fingerprint density at radius 3 is 2.79 bits per heavy atom. The summed E-state index contributed by atoms with van der Waals surface area (Å²) in [6.45, 7) is 0. The van der Waals surface area contributed by atoms with Gasteiger partial charge in [-0.2, -0.15) is 0 Å². The second-order valence-corrected chi connectivity index (χ2v) is 6.39. The van der Waals surface area contributed by atoms with Crippen LogP contribution in [0, 0.1) is 5.92 Å². The minimum absolute atomic E-state index is 0.155. The second kappa shape index (κ2) is 5.44. The van der Waals surface area contributed by atoms with Crippen LogP contribution in [0.3, 0.4) is 0 Å². The normalized spacial score (nSPS) is 15.6. The Bertz CT molecular complexity index is 603. The van der Waals surface area contributed by atoms with Gasteiger partial charge in [0, 0.05) is 11.8 Å². The second-order valence-electron chi connectivity index (χ2n) is 4.62. The van der Waals surface area contributed by atoms with E-state index in [9.17, 15) is 13.2 Å². The molecule has 0 atom stereocenters. The number of anilines is 1. The van der Waals surface area contributed by atoms with Crippen LogP contribution >= 0.6 is 0 Å². The first-order valence-corrected chi connectivity index (χ1v) is 7.61. The lowest BCUT2D eigenvalue weighted by molar-refractivity contribution is -0.131. The van der Waals surface area contributed by atoms with E-state index in [2.05, 4.69) is 4.72 Å². The molecule has 1 aromatic carbocycles. The predicted molar refractivity (Wildman–Crippen MR) is 73.2 cm³/mol. The SMILES string of the molecule is O=C(O)C=Cc1cccc(NS(=O)(=O)CC2CC2)c1. The molecule has 6 heteroatoms. The fourth-order valence-corrected chi connectivity index (χ4v) is 3.21. The third kappa shape index (κ3) is 4.75. The lowest BCUT2D eigenvalue weighted by Crippen LogP contribution is -2.17. The summed E-state index contributed by atoms with van der Waals surface area (Å²) < 4.78 is 26.1. The smallest absolute Gasteiger partial charge is 0.328 e. The fraction of sp³-hybridized carbons (Fsp3) is 0.308. The number of sulfonamides is 1. The molecular formula is C13H15NO4S. The van der Waals surface area contributed by atoms with Crippen LogP contribution in [-0.4, -0.2) is 25.2 Å². The molecule has 1 aromatic rings. The lowest BCUT2D eigenvalue weighted by Gasteiger charge is -2.07. The van der Waals surface area contributed by atoms with Crippen LogP contribution in [0.1, 0.15) is 18.4 Å². The van der Waals surface area contributed by atoms with Gasteiger partial charge in [0.2, 0.25) is 10.0 Å². The molecule has 0 spiro atoms. The zero-order valence-corrected chi connectivity index (χ0v) is 11.1. The maximum absolute atomic E-state index is 11.8. The molecule has 0 amide bonds. The highest BCUT2D eigenvalue weighted by atomic mass is 32.2. The van der Waals surface area contributed by atoms with Gasteiger partial charge in [0.1, 0.15) is 0 Å². The zero-order valence-electron chi connectivity index (χ0n) is 10.2. The third-order valence-corrected chi connectivity index (χ3v) is 4.19. The molecule has 1 aliphatic rings. The molecule has 1 fully saturated rings. The number of nitrogens with one attached hydrogen (secondary N) is 1. The first kappa shape index (κ1) is 13.6. The number of hydrogen-bond acceptors (Lipinski definition) is 3. The molecule has 0 saturated heterocycles. The maximum Gasteiger partial charge on any atom is 0.328 e. The number of aliphatic carboxylic acids is 1. The van der Waals surface area contributed by atoms with Crippen molar-refractivity contribution >= 4 is 27.8 Å². The van der Waals surface area contributed by atoms with Gasteiger partial charge in [0.25, 0.3) is 0 Å². The van der Waals surface area contributed by atoms with Gasteiger partial charge in [0.15, 0.2) is 0 Å². The lowest BCUT2D eigenvalue weighted by atomic mass is 10.2. The predicted octanol–water partition coefficient (Wildman–Crippen LogP) is 1.94. The summed E-state index contributed by atoms with van der Waals surface area (Å²) in [6, 6.07) is 6.63. The van der Waals surface area contributed by atoms with E-state index in [1.165, 1.54) is 6.08 Å². The molecule has 0 aliphatic heterocycles. The molecule has 5 nitrogen and oxygen atoms in total. The monoisotopic (exact) mass is 281 g/mol. The van der Waals surface area contributed by atoms with Gasteiger partial charge in [-0.1, -0.05) is 12.1 Å². The van der Waals surface area contributed by atoms with Crippen molar-refractivity contribution in [3.8, 4) is 0 Å². The first-order valence-electron chi connectivity index (χ1n) is 5.96. The minimum atomic E-state index is -3.31. The topological polar surface area (TPSA) is 83.5 Å². The molecule has 102 valence electrons. The molecule has 0 aromatic heterocycles. The van der Waals surface area contributed by atoms with Crippen molar-refractivity contribution in [3.05, 3.63) is 35.9 Å². The van der Waals surface area contributed by atoms with Crippen molar-refractivity contribution < 1.29 is 18.3 Å². The Kier molecular flexibility index (Phi) is 3.90. The maximum atomic E-state index is 11.8. The number of carbonyl (C=O) groups is 1. The number of carboxylic acid groups (broad SMARTS) is 1. The van der Waals surface area contributed by atoms with Gasteiger partial charge in [-0.3, -0.25) is 4.72 Å². The van der Waals surface area contributed by atoms with E-state index in [-0.39, 0.29) is 11.7 Å². The third-order valence-electron chi connectivity index (χ3n) is 2.73. The van der Waals surface area contributed by atoms with Crippen molar-refractivity contribution in [1.29, 1.82) is 0 Å². The number of benzene rings is 1. The van der Waals surface area contributed by atoms with E-state index < -0.39 is 16.0 Å². The van der Waals surface area contributed by atoms with Crippen molar-refractivity contribution in [2.45, 2.75) is 12.8 Å². The Morgan fingerprint density at radius 2 is 2.16 bits per heavy atom. The van der Waals surface area contributed by atoms with Gasteiger partial charge >= 0.3 is 5.97 Å². The summed E-state index contributed by atoms with van der Waals surface area (Å²) in [7, 11) is -3.31. The van der Waals surface area contributed by atoms with Crippen molar-refractivity contribution in [2.75, 3.05) is 10.5 Å². The molecule has 0 bridgehead atoms. The van der Waals surface area contributed by atoms with Gasteiger partial charge in [-0.05, 0) is 42.5 Å². The van der Waals surface area contributed by atoms with Crippen LogP contribution in [0.2, 0.25) is 0 Å². The zero-order chi connectivity index (χ0) is 13.9. The van der Waals surface area contributed by atoms with Gasteiger partial charge in [0.05, 0.1) is 5.75 Å². The van der Waals surface area contributed by atoms with Crippen LogP contribution in [0.15, 0.2) is 30.3 Å². The van der Waals surface area contributed by atoms with E-state index in [0.29, 0.717) is 11.3 Å². The van der Waals surface area contributed by atoms with Gasteiger partial charge in [-0.15, -0.1) is 0 Å². The Morgan fingerprint density at radius 1 is 1.42 bits per heavy atom. The Labute approximate surface area is 112 Å². The standard InChI is InChI=1S/C13H15NO4S/c15-13(16)7-6-10-2-1-3-12(8-10)14-19(17,18)9-11-4-5-11/h1-3,6-8,11,14H,4-5,9H2,(H,15,16). The van der Waals surface area contributed by atoms with Crippen LogP contribution in [0.25, 0.3) is 6.08 Å². The van der Waals surface area contributed by atoms with Crippen molar-refractivity contribution in [3.63, 3.8) is 0 Å². The molecule has 1 aliphatic carbocycles. The molecule has 19 heavy (non-hydrogen) atoms. The highest BCUT2D eigenvalue weighted by Gasteiger charge is 2.27. The average molecular weight is 281 g/mol. The molecule has 2 rings (SSSR count). The molecular weight excluding hydrogens is 266 g/mol. The summed E-state index contributed by atoms with van der Waals surface area (Å²) in [6.07, 6.45) is 4.38. The van der Waals surface area contributed by atoms with E-state index in [1.54, 1.807) is 24.3 Å². The van der Waals surface area contributed by atoms with E-state index in [4.69, 9.17) is 5.11 Å². The molecule has 0 heterocycles. The highest BCUT2D eigenvalue weighted by Crippen LogP contribution is 2.30. The first-order chi connectivity index (χ1) is 8.94. The molecule has 1 saturated carbocycles. The largest absolute Gasteiger partial charge is 0.478 e. The van der Waals surface area contributed by atoms with Crippen LogP contribution in [0.4, 0.5) is 5.69 Å². The van der Waals surface area contributed by atoms with Crippen molar-refractivity contribution in [2.24, 2.45) is 5.92 Å². The van der Waals surface area contributed by atoms with Crippen LogP contribution in [-0.2, 0) is 14.8 Å². The summed E-state index contributed by atoms with van der Waals surface area (Å²) in [5.74, 6) is -0.602. The van der Waals surface area contributed by atoms with Gasteiger partial charge < -0.3 is 5.11 Å². The van der Waals surface area contributed by atoms with Crippen LogP contribution < -0.4 is 4.72 Å². The Hall–Kier alpha value is -1.82. The fourth-order valence-electron chi connectivity index (χ4n) is 1.69. The summed E-state index contributed by atoms with van der Waals surface area (Å²) in [5, 5.41) is 8.54. The Balaban J connectivity index is 2.07. The summed E-state index contributed by atoms with van der Waals surface area (Å²) >= 11 is 0. The molecule has 0 radical (unpaired) electrons. The summed E-state index contributed by atoms with van der Waals surface area (Å²) in [5.41, 5.74) is 1.09. The minimum Gasteiger partial charge on any atom is -0.478 e. The quantitative estimate of drug-likeness (QED) is 0.780. The number of hydrogen-bond donors (Lipinski definition) is 2. The van der Waals surface area contributed by atoms with E-state index >= 15 is 0 Å². The molecule has 0 unspecified atom stereocenters. The van der Waals surface area contributed by atoms with Gasteiger partial charge in [-0.25, -0.2) is 13.2 Å². The van der Waals surface area contributed by atoms with E-state index in [1.807, 2.05) is 0 Å². The number of carboxylic acids is 1. The number of rotatable bonds is 6. The van der Waals surface area contributed by atoms with Crippen LogP contribution in [0.5, 0.6) is 0 Å². The summed E-state index contributed by atoms with van der Waals surface area (Å²) in [4.78, 5) is 10.4. The average Bonchev–Trinajstić information content (AvgIpc) is 3.09. The highest BCUT2D eigenvalue weighted by molar-refractivity contribution is 7.92. The van der Waals surface area contributed by atoms with Crippen molar-refractivity contribution in [1.82, 2.24) is 0 Å². The molecule has 2 N–H and O–H groups in total.